The fraction of sp³-hybridized carbons (Fsp3) is 0.333. The van der Waals surface area contributed by atoms with Crippen LogP contribution in [0.3, 0.4) is 0 Å². The molecule has 402 valence electrons. The zero-order valence-electron chi connectivity index (χ0n) is 49.5. The van der Waals surface area contributed by atoms with Crippen LogP contribution in [0.5, 0.6) is 11.5 Å². The van der Waals surface area contributed by atoms with Crippen molar-refractivity contribution in [3.63, 3.8) is 0 Å². The Bertz CT molecular complexity index is 4400. The molecule has 3 aliphatic rings. The number of hydrogen-bond donors (Lipinski definition) is 0. The van der Waals surface area contributed by atoms with Gasteiger partial charge < -0.3 is 13.5 Å². The van der Waals surface area contributed by atoms with Crippen LogP contribution in [0.25, 0.3) is 54.6 Å². The summed E-state index contributed by atoms with van der Waals surface area (Å²) in [5.41, 5.74) is 22.0. The van der Waals surface area contributed by atoms with E-state index in [9.17, 15) is 0 Å². The number of pyridine rings is 2. The Morgan fingerprint density at radius 3 is 1.36 bits per heavy atom. The second kappa shape index (κ2) is 17.8. The van der Waals surface area contributed by atoms with Crippen LogP contribution >= 0.6 is 0 Å². The zero-order valence-corrected chi connectivity index (χ0v) is 51.8. The number of rotatable bonds is 8. The van der Waals surface area contributed by atoms with Crippen molar-refractivity contribution in [3.05, 3.63) is 178 Å². The molecule has 0 unspecified atom stereocenters. The number of aromatic nitrogens is 4. The van der Waals surface area contributed by atoms with E-state index >= 15 is 0 Å². The molecule has 5 nitrogen and oxygen atoms in total. The number of hydrogen-bond acceptors (Lipinski definition) is 3. The minimum atomic E-state index is -0.230. The molecule has 80 heavy (non-hydrogen) atoms. The monoisotopic (exact) mass is 1230 g/mol. The van der Waals surface area contributed by atoms with Gasteiger partial charge in [0.05, 0.1) is 11.3 Å². The Morgan fingerprint density at radius 1 is 0.438 bits per heavy atom. The SMILES string of the molecule is CC(C)c1cccc(C(C)C)c1B1c2ccccc2B(c2c(C(C)C)cccc2C(C)C)c2c1c(Oc1[c-]c3c(cc1)c1cccc4c1n1c(cnc31)C(C)(C)C4(C)C)[c-]c1c2c2cccc3c2n2c(cnc12)C(C)(C)C3(C)C.[Pt+2]. The molecule has 0 fully saturated rings. The molecule has 0 radical (unpaired) electrons. The molecule has 0 saturated carbocycles. The van der Waals surface area contributed by atoms with Crippen molar-refractivity contribution in [2.45, 2.75) is 156 Å². The smallest absolute Gasteiger partial charge is 0.497 e. The van der Waals surface area contributed by atoms with Crippen molar-refractivity contribution in [1.29, 1.82) is 0 Å². The van der Waals surface area contributed by atoms with E-state index in [0.717, 1.165) is 33.2 Å². The molecule has 11 aromatic rings. The van der Waals surface area contributed by atoms with Crippen molar-refractivity contribution < 1.29 is 25.8 Å². The number of fused-ring (bicyclic) bond motifs is 9. The molecule has 0 aliphatic carbocycles. The molecule has 0 atom stereocenters. The summed E-state index contributed by atoms with van der Waals surface area (Å²) in [6.45, 7) is 37.7. The maximum Gasteiger partial charge on any atom is 2.00 e. The minimum Gasteiger partial charge on any atom is -0.497 e. The Labute approximate surface area is 488 Å². The van der Waals surface area contributed by atoms with Gasteiger partial charge in [-0.15, -0.1) is 22.4 Å². The second-order valence-corrected chi connectivity index (χ2v) is 27.1. The van der Waals surface area contributed by atoms with E-state index in [2.05, 4.69) is 253 Å². The molecule has 0 amide bonds. The van der Waals surface area contributed by atoms with E-state index in [1.165, 1.54) is 105 Å². The number of para-hydroxylation sites is 2. The van der Waals surface area contributed by atoms with Gasteiger partial charge in [-0.2, -0.15) is 0 Å². The van der Waals surface area contributed by atoms with Crippen LogP contribution in [0.1, 0.15) is 179 Å². The van der Waals surface area contributed by atoms with E-state index in [4.69, 9.17) is 14.7 Å². The first-order valence-corrected chi connectivity index (χ1v) is 29.3. The standard InChI is InChI=1S/C72H72B2N4O.Pt/c1-39(2)44-23-19-24-45(40(3)4)61(44)73-55-31-17-18-32-56(55)74(62-46(41(5)6)25-20-26-47(62)42(7)8)64-60-50-28-22-30-54-66(50)78-59(72(15,16)70(54,11)12)38-76-68(78)52(60)36-57(63(64)73)79-43-33-34-48-49-27-21-29-53-65(49)77-58(71(13,14)69(53,9)10)37-75-67(77)51(48)35-43;/h17-34,37-42H,1-16H3;/q-2;+2. The predicted octanol–water partition coefficient (Wildman–Crippen LogP) is 14.0. The van der Waals surface area contributed by atoms with Crippen LogP contribution in [0.15, 0.2) is 122 Å². The van der Waals surface area contributed by atoms with Crippen molar-refractivity contribution in [2.24, 2.45) is 0 Å². The molecule has 0 spiro atoms. The number of ether oxygens (including phenoxy) is 1. The van der Waals surface area contributed by atoms with Gasteiger partial charge in [-0.1, -0.05) is 275 Å². The quantitative estimate of drug-likeness (QED) is 0.0865. The third-order valence-electron chi connectivity index (χ3n) is 20.8. The Kier molecular flexibility index (Phi) is 11.8. The Hall–Kier alpha value is -6.42. The minimum absolute atomic E-state index is 0. The summed E-state index contributed by atoms with van der Waals surface area (Å²) in [6.07, 6.45) is 4.26. The molecular weight excluding hydrogens is 1150 g/mol. The first kappa shape index (κ1) is 52.9. The van der Waals surface area contributed by atoms with Gasteiger partial charge in [0.2, 0.25) is 6.71 Å². The average molecular weight is 1230 g/mol. The average Bonchev–Trinajstić information content (AvgIpc) is 1.59. The normalized spacial score (nSPS) is 16.4. The maximum absolute atomic E-state index is 7.87. The van der Waals surface area contributed by atoms with Gasteiger partial charge in [-0.25, -0.2) is 0 Å². The van der Waals surface area contributed by atoms with Crippen LogP contribution in [0.2, 0.25) is 0 Å². The second-order valence-electron chi connectivity index (χ2n) is 27.1. The molecule has 0 saturated heterocycles. The topological polar surface area (TPSA) is 43.8 Å². The summed E-state index contributed by atoms with van der Waals surface area (Å²) in [6, 6.07) is 50.1. The van der Waals surface area contributed by atoms with Gasteiger partial charge in [-0.05, 0) is 56.7 Å². The van der Waals surface area contributed by atoms with E-state index in [1.54, 1.807) is 0 Å². The fourth-order valence-electron chi connectivity index (χ4n) is 15.3. The summed E-state index contributed by atoms with van der Waals surface area (Å²) in [4.78, 5) is 10.8. The van der Waals surface area contributed by atoms with E-state index < -0.39 is 0 Å². The number of nitrogens with zero attached hydrogens (tertiary/aromatic N) is 4. The van der Waals surface area contributed by atoms with E-state index in [-0.39, 0.29) is 79.8 Å². The van der Waals surface area contributed by atoms with Crippen LogP contribution in [0.4, 0.5) is 0 Å². The molecule has 14 rings (SSSR count). The molecule has 7 heterocycles. The van der Waals surface area contributed by atoms with E-state index in [0.29, 0.717) is 5.75 Å². The van der Waals surface area contributed by atoms with Gasteiger partial charge in [0.25, 0.3) is 0 Å². The van der Waals surface area contributed by atoms with Crippen molar-refractivity contribution in [3.8, 4) is 11.5 Å². The molecular formula is C72H72B2N4OPt. The van der Waals surface area contributed by atoms with Gasteiger partial charge in [0.15, 0.2) is 6.71 Å². The summed E-state index contributed by atoms with van der Waals surface area (Å²) >= 11 is 0. The number of imidazole rings is 2. The summed E-state index contributed by atoms with van der Waals surface area (Å²) < 4.78 is 12.8. The van der Waals surface area contributed by atoms with Crippen LogP contribution in [0, 0.1) is 12.1 Å². The fourth-order valence-corrected chi connectivity index (χ4v) is 15.3. The predicted molar refractivity (Wildman–Crippen MR) is 335 cm³/mol. The third kappa shape index (κ3) is 6.76. The molecule has 0 N–H and O–H groups in total. The van der Waals surface area contributed by atoms with Gasteiger partial charge in [0, 0.05) is 68.0 Å². The van der Waals surface area contributed by atoms with Gasteiger partial charge >= 0.3 is 21.1 Å². The molecule has 4 aromatic heterocycles. The zero-order chi connectivity index (χ0) is 55.3. The number of benzene rings is 7. The van der Waals surface area contributed by atoms with Crippen molar-refractivity contribution >= 4 is 101 Å². The molecule has 0 bridgehead atoms. The third-order valence-corrected chi connectivity index (χ3v) is 20.8. The van der Waals surface area contributed by atoms with Gasteiger partial charge in [-0.3, -0.25) is 9.97 Å². The molecule has 7 aromatic carbocycles. The maximum atomic E-state index is 7.87. The first-order valence-electron chi connectivity index (χ1n) is 29.3. The van der Waals surface area contributed by atoms with Crippen LogP contribution in [-0.4, -0.2) is 32.2 Å². The largest absolute Gasteiger partial charge is 2.00 e. The van der Waals surface area contributed by atoms with Crippen LogP contribution < -0.4 is 37.5 Å². The van der Waals surface area contributed by atoms with Gasteiger partial charge in [0.1, 0.15) is 0 Å². The molecule has 8 heteroatoms. The summed E-state index contributed by atoms with van der Waals surface area (Å²) in [5, 5.41) is 6.68. The van der Waals surface area contributed by atoms with Crippen molar-refractivity contribution in [1.82, 2.24) is 18.8 Å². The molecule has 3 aliphatic heterocycles. The summed E-state index contributed by atoms with van der Waals surface area (Å²) in [5.74, 6) is 2.40. The first-order chi connectivity index (χ1) is 37.6. The Balaban J connectivity index is 0.00000605. The summed E-state index contributed by atoms with van der Waals surface area (Å²) in [7, 11) is 0. The van der Waals surface area contributed by atoms with E-state index in [1.807, 2.05) is 0 Å². The van der Waals surface area contributed by atoms with Crippen LogP contribution in [-0.2, 0) is 42.7 Å². The van der Waals surface area contributed by atoms with Crippen molar-refractivity contribution in [2.75, 3.05) is 0 Å². The Morgan fingerprint density at radius 2 is 0.875 bits per heavy atom.